The van der Waals surface area contributed by atoms with Crippen LogP contribution in [-0.4, -0.2) is 60.7 Å². The van der Waals surface area contributed by atoms with E-state index in [1.54, 1.807) is 18.2 Å². The smallest absolute Gasteiger partial charge is 0.315 e. The van der Waals surface area contributed by atoms with Crippen LogP contribution in [-0.2, 0) is 23.3 Å². The lowest BCUT2D eigenvalue weighted by Gasteiger charge is -2.34. The Bertz CT molecular complexity index is 935. The van der Waals surface area contributed by atoms with Crippen molar-refractivity contribution in [3.05, 3.63) is 51.3 Å². The molecule has 0 amide bonds. The van der Waals surface area contributed by atoms with Gasteiger partial charge in [-0.3, -0.25) is 15.0 Å². The summed E-state index contributed by atoms with van der Waals surface area (Å²) in [6.07, 6.45) is 2.75. The lowest BCUT2D eigenvalue weighted by molar-refractivity contribution is -0.386. The molecule has 154 valence electrons. The SMILES string of the molecule is COc1cccc(CN2CC[C@]3(COCc4cnc(N(C)C)nc43)C2)c1[N+](=O)[O-]. The molecule has 1 atom stereocenters. The van der Waals surface area contributed by atoms with Gasteiger partial charge in [0.05, 0.1) is 36.4 Å². The van der Waals surface area contributed by atoms with Gasteiger partial charge in [0, 0.05) is 44.5 Å². The summed E-state index contributed by atoms with van der Waals surface area (Å²) in [7, 11) is 5.31. The normalized spacial score (nSPS) is 21.2. The van der Waals surface area contributed by atoms with Crippen molar-refractivity contribution in [1.29, 1.82) is 0 Å². The maximum absolute atomic E-state index is 11.6. The minimum atomic E-state index is -0.365. The van der Waals surface area contributed by atoms with Crippen molar-refractivity contribution in [1.82, 2.24) is 14.9 Å². The molecule has 0 radical (unpaired) electrons. The number of hydrogen-bond donors (Lipinski definition) is 0. The molecule has 3 heterocycles. The number of aromatic nitrogens is 2. The van der Waals surface area contributed by atoms with Gasteiger partial charge in [-0.2, -0.15) is 0 Å². The van der Waals surface area contributed by atoms with Crippen LogP contribution in [0.25, 0.3) is 0 Å². The van der Waals surface area contributed by atoms with Gasteiger partial charge in [0.1, 0.15) is 0 Å². The summed E-state index contributed by atoms with van der Waals surface area (Å²) in [6.45, 7) is 3.15. The predicted molar refractivity (Wildman–Crippen MR) is 107 cm³/mol. The molecule has 9 nitrogen and oxygen atoms in total. The summed E-state index contributed by atoms with van der Waals surface area (Å²) < 4.78 is 11.1. The Morgan fingerprint density at radius 3 is 2.97 bits per heavy atom. The van der Waals surface area contributed by atoms with Crippen molar-refractivity contribution in [3.8, 4) is 5.75 Å². The van der Waals surface area contributed by atoms with Gasteiger partial charge < -0.3 is 14.4 Å². The first-order valence-corrected chi connectivity index (χ1v) is 9.57. The third-order valence-corrected chi connectivity index (χ3v) is 5.70. The van der Waals surface area contributed by atoms with E-state index in [4.69, 9.17) is 14.5 Å². The number of anilines is 1. The highest BCUT2D eigenvalue weighted by molar-refractivity contribution is 5.52. The first kappa shape index (κ1) is 19.5. The second-order valence-corrected chi connectivity index (χ2v) is 7.90. The van der Waals surface area contributed by atoms with Gasteiger partial charge in [-0.15, -0.1) is 0 Å². The van der Waals surface area contributed by atoms with Gasteiger partial charge in [0.15, 0.2) is 5.75 Å². The number of para-hydroxylation sites is 1. The van der Waals surface area contributed by atoms with E-state index < -0.39 is 0 Å². The molecule has 4 rings (SSSR count). The summed E-state index contributed by atoms with van der Waals surface area (Å²) in [5.41, 5.74) is 2.55. The standard InChI is InChI=1S/C20H25N5O4/c1-23(2)19-21-9-15-11-29-13-20(18(15)22-19)7-8-24(12-20)10-14-5-4-6-16(28-3)17(14)25(26)27/h4-6,9H,7-8,10-13H2,1-3H3/t20-/m1/s1. The number of likely N-dealkylation sites (tertiary alicyclic amines) is 1. The molecule has 0 saturated carbocycles. The highest BCUT2D eigenvalue weighted by atomic mass is 16.6. The van der Waals surface area contributed by atoms with Gasteiger partial charge in [0.25, 0.3) is 0 Å². The van der Waals surface area contributed by atoms with Gasteiger partial charge in [-0.05, 0) is 19.0 Å². The highest BCUT2D eigenvalue weighted by Crippen LogP contribution is 2.41. The Balaban J connectivity index is 1.62. The minimum absolute atomic E-state index is 0.0356. The van der Waals surface area contributed by atoms with Crippen LogP contribution >= 0.6 is 0 Å². The van der Waals surface area contributed by atoms with Crippen LogP contribution in [0, 0.1) is 10.1 Å². The Morgan fingerprint density at radius 2 is 2.24 bits per heavy atom. The van der Waals surface area contributed by atoms with Crippen LogP contribution in [0.1, 0.15) is 23.2 Å². The lowest BCUT2D eigenvalue weighted by atomic mass is 9.80. The van der Waals surface area contributed by atoms with Crippen LogP contribution in [0.2, 0.25) is 0 Å². The van der Waals surface area contributed by atoms with Crippen molar-refractivity contribution in [3.63, 3.8) is 0 Å². The summed E-state index contributed by atoms with van der Waals surface area (Å²) in [6, 6.07) is 5.21. The monoisotopic (exact) mass is 399 g/mol. The van der Waals surface area contributed by atoms with Crippen LogP contribution in [0.15, 0.2) is 24.4 Å². The first-order valence-electron chi connectivity index (χ1n) is 9.57. The Morgan fingerprint density at radius 1 is 1.41 bits per heavy atom. The first-order chi connectivity index (χ1) is 13.9. The maximum atomic E-state index is 11.6. The van der Waals surface area contributed by atoms with E-state index in [-0.39, 0.29) is 21.8 Å². The molecule has 1 saturated heterocycles. The largest absolute Gasteiger partial charge is 0.490 e. The molecule has 1 spiro atoms. The molecule has 9 heteroatoms. The number of nitrogens with zero attached hydrogens (tertiary/aromatic N) is 5. The van der Waals surface area contributed by atoms with Gasteiger partial charge >= 0.3 is 5.69 Å². The summed E-state index contributed by atoms with van der Waals surface area (Å²) in [4.78, 5) is 24.6. The lowest BCUT2D eigenvalue weighted by Crippen LogP contribution is -2.40. The van der Waals surface area contributed by atoms with E-state index in [2.05, 4.69) is 9.88 Å². The molecular weight excluding hydrogens is 374 g/mol. The van der Waals surface area contributed by atoms with E-state index in [0.717, 1.165) is 30.8 Å². The van der Waals surface area contributed by atoms with Crippen molar-refractivity contribution in [2.45, 2.75) is 25.0 Å². The van der Waals surface area contributed by atoms with E-state index >= 15 is 0 Å². The third-order valence-electron chi connectivity index (χ3n) is 5.70. The van der Waals surface area contributed by atoms with Gasteiger partial charge in [-0.25, -0.2) is 9.97 Å². The zero-order chi connectivity index (χ0) is 20.6. The number of rotatable bonds is 5. The molecule has 2 aliphatic rings. The molecule has 1 aromatic heterocycles. The van der Waals surface area contributed by atoms with E-state index in [1.807, 2.05) is 25.2 Å². The second kappa shape index (κ2) is 7.57. The van der Waals surface area contributed by atoms with Crippen molar-refractivity contribution in [2.75, 3.05) is 45.8 Å². The van der Waals surface area contributed by atoms with Gasteiger partial charge in [-0.1, -0.05) is 12.1 Å². The molecule has 1 aromatic carbocycles. The topological polar surface area (TPSA) is 93.9 Å². The molecule has 0 bridgehead atoms. The Labute approximate surface area is 169 Å². The van der Waals surface area contributed by atoms with Gasteiger partial charge in [0.2, 0.25) is 5.95 Å². The maximum Gasteiger partial charge on any atom is 0.315 e. The summed E-state index contributed by atoms with van der Waals surface area (Å²) >= 11 is 0. The van der Waals surface area contributed by atoms with Crippen LogP contribution in [0.4, 0.5) is 11.6 Å². The fraction of sp³-hybridized carbons (Fsp3) is 0.500. The summed E-state index contributed by atoms with van der Waals surface area (Å²) in [5.74, 6) is 0.975. The number of benzene rings is 1. The van der Waals surface area contributed by atoms with Crippen molar-refractivity contribution < 1.29 is 14.4 Å². The zero-order valence-electron chi connectivity index (χ0n) is 16.9. The molecule has 0 N–H and O–H groups in total. The summed E-state index contributed by atoms with van der Waals surface area (Å²) in [5, 5.41) is 11.6. The van der Waals surface area contributed by atoms with Crippen molar-refractivity contribution in [2.24, 2.45) is 0 Å². The number of fused-ring (bicyclic) bond motifs is 2. The number of ether oxygens (including phenoxy) is 2. The molecular formula is C20H25N5O4. The fourth-order valence-corrected chi connectivity index (χ4v) is 4.31. The average molecular weight is 399 g/mol. The van der Waals surface area contributed by atoms with E-state index in [1.165, 1.54) is 7.11 Å². The predicted octanol–water partition coefficient (Wildman–Crippen LogP) is 2.13. The Hall–Kier alpha value is -2.78. The minimum Gasteiger partial charge on any atom is -0.490 e. The number of nitro benzene ring substituents is 1. The third kappa shape index (κ3) is 3.51. The fourth-order valence-electron chi connectivity index (χ4n) is 4.31. The highest BCUT2D eigenvalue weighted by Gasteiger charge is 2.45. The number of hydrogen-bond acceptors (Lipinski definition) is 8. The van der Waals surface area contributed by atoms with Crippen LogP contribution < -0.4 is 9.64 Å². The second-order valence-electron chi connectivity index (χ2n) is 7.90. The van der Waals surface area contributed by atoms with Crippen LogP contribution in [0.5, 0.6) is 5.75 Å². The van der Waals surface area contributed by atoms with E-state index in [9.17, 15) is 10.1 Å². The zero-order valence-corrected chi connectivity index (χ0v) is 16.9. The number of methoxy groups -OCH3 is 1. The average Bonchev–Trinajstić information content (AvgIpc) is 3.10. The number of nitro groups is 1. The molecule has 29 heavy (non-hydrogen) atoms. The quantitative estimate of drug-likeness (QED) is 0.558. The molecule has 1 fully saturated rings. The van der Waals surface area contributed by atoms with Crippen molar-refractivity contribution >= 4 is 11.6 Å². The van der Waals surface area contributed by atoms with Crippen LogP contribution in [0.3, 0.4) is 0 Å². The molecule has 2 aromatic rings. The van der Waals surface area contributed by atoms with E-state index in [0.29, 0.717) is 31.3 Å². The Kier molecular flexibility index (Phi) is 5.10. The molecule has 0 unspecified atom stereocenters. The molecule has 0 aliphatic carbocycles. The molecule has 2 aliphatic heterocycles.